The van der Waals surface area contributed by atoms with Gasteiger partial charge in [0.15, 0.2) is 5.76 Å². The van der Waals surface area contributed by atoms with Crippen LogP contribution in [0.5, 0.6) is 0 Å². The highest BCUT2D eigenvalue weighted by atomic mass is 19.1. The fourth-order valence-electron chi connectivity index (χ4n) is 3.18. The van der Waals surface area contributed by atoms with E-state index in [1.54, 1.807) is 49.5 Å². The first kappa shape index (κ1) is 18.0. The molecule has 1 unspecified atom stereocenters. The molecule has 28 heavy (non-hydrogen) atoms. The van der Waals surface area contributed by atoms with Crippen LogP contribution in [-0.2, 0) is 0 Å². The van der Waals surface area contributed by atoms with E-state index in [0.29, 0.717) is 16.7 Å². The summed E-state index contributed by atoms with van der Waals surface area (Å²) in [6, 6.07) is 13.8. The molecule has 0 radical (unpaired) electrons. The van der Waals surface area contributed by atoms with Crippen molar-refractivity contribution in [2.45, 2.75) is 13.0 Å². The van der Waals surface area contributed by atoms with Crippen molar-refractivity contribution < 1.29 is 18.4 Å². The maximum Gasteiger partial charge on any atom is 0.173 e. The Morgan fingerprint density at radius 1 is 1.04 bits per heavy atom. The molecule has 4 nitrogen and oxygen atoms in total. The number of hydrogen-bond donors (Lipinski definition) is 1. The lowest BCUT2D eigenvalue weighted by atomic mass is 9.94. The van der Waals surface area contributed by atoms with Crippen LogP contribution in [0.1, 0.15) is 22.8 Å². The van der Waals surface area contributed by atoms with E-state index in [1.807, 2.05) is 0 Å². The molecule has 0 saturated heterocycles. The van der Waals surface area contributed by atoms with Gasteiger partial charge in [-0.25, -0.2) is 8.78 Å². The molecule has 0 aliphatic carbocycles. The molecule has 0 aliphatic heterocycles. The zero-order valence-electron chi connectivity index (χ0n) is 14.9. The highest BCUT2D eigenvalue weighted by molar-refractivity contribution is 5.74. The molecule has 0 saturated carbocycles. The maximum atomic E-state index is 14.4. The molecular weight excluding hydrogens is 362 g/mol. The Hall–Kier alpha value is -3.38. The standard InChI is InChI=1S/C22H16F2N2O2/c1-13-9-15(11-16(23)10-13)22-19(21(27)14-5-4-8-25-12-14)20(26-28-22)17-6-2-3-7-18(17)24/h2-12,21,27H,1H3. The average Bonchev–Trinajstić information content (AvgIpc) is 3.12. The van der Waals surface area contributed by atoms with E-state index in [0.717, 1.165) is 0 Å². The summed E-state index contributed by atoms with van der Waals surface area (Å²) in [6.07, 6.45) is 1.90. The highest BCUT2D eigenvalue weighted by Gasteiger charge is 2.28. The minimum absolute atomic E-state index is 0.159. The summed E-state index contributed by atoms with van der Waals surface area (Å²) in [6.45, 7) is 1.75. The van der Waals surface area contributed by atoms with Crippen molar-refractivity contribution in [3.05, 3.63) is 95.3 Å². The fraction of sp³-hybridized carbons (Fsp3) is 0.0909. The molecule has 2 aromatic carbocycles. The number of pyridine rings is 1. The maximum absolute atomic E-state index is 14.4. The largest absolute Gasteiger partial charge is 0.383 e. The lowest BCUT2D eigenvalue weighted by molar-refractivity contribution is 0.220. The molecular formula is C22H16F2N2O2. The van der Waals surface area contributed by atoms with Crippen LogP contribution in [-0.4, -0.2) is 15.2 Å². The van der Waals surface area contributed by atoms with Crippen molar-refractivity contribution in [2.24, 2.45) is 0 Å². The Balaban J connectivity index is 1.96. The molecule has 0 bridgehead atoms. The molecule has 1 N–H and O–H groups in total. The topological polar surface area (TPSA) is 59.2 Å². The van der Waals surface area contributed by atoms with E-state index < -0.39 is 17.7 Å². The van der Waals surface area contributed by atoms with Gasteiger partial charge in [0.2, 0.25) is 0 Å². The lowest BCUT2D eigenvalue weighted by Gasteiger charge is -2.13. The van der Waals surface area contributed by atoms with Gasteiger partial charge in [-0.05, 0) is 48.9 Å². The summed E-state index contributed by atoms with van der Waals surface area (Å²) in [5.41, 5.74) is 2.17. The van der Waals surface area contributed by atoms with E-state index in [9.17, 15) is 13.9 Å². The van der Waals surface area contributed by atoms with Crippen LogP contribution in [0.3, 0.4) is 0 Å². The molecule has 4 rings (SSSR count). The molecule has 1 atom stereocenters. The van der Waals surface area contributed by atoms with Crippen molar-refractivity contribution in [1.29, 1.82) is 0 Å². The summed E-state index contributed by atoms with van der Waals surface area (Å²) >= 11 is 0. The summed E-state index contributed by atoms with van der Waals surface area (Å²) in [5.74, 6) is -0.768. The predicted octanol–water partition coefficient (Wildman–Crippen LogP) is 5.07. The number of aromatic nitrogens is 2. The highest BCUT2D eigenvalue weighted by Crippen LogP contribution is 2.40. The second kappa shape index (κ2) is 7.32. The summed E-state index contributed by atoms with van der Waals surface area (Å²) < 4.78 is 33.9. The first-order valence-electron chi connectivity index (χ1n) is 8.64. The summed E-state index contributed by atoms with van der Waals surface area (Å²) in [7, 11) is 0. The average molecular weight is 378 g/mol. The zero-order valence-corrected chi connectivity index (χ0v) is 14.9. The molecule has 0 fully saturated rings. The van der Waals surface area contributed by atoms with Gasteiger partial charge in [-0.2, -0.15) is 0 Å². The summed E-state index contributed by atoms with van der Waals surface area (Å²) in [5, 5.41) is 15.1. The first-order valence-corrected chi connectivity index (χ1v) is 8.64. The third-order valence-corrected chi connectivity index (χ3v) is 4.43. The fourth-order valence-corrected chi connectivity index (χ4v) is 3.18. The molecule has 4 aromatic rings. The Morgan fingerprint density at radius 2 is 1.86 bits per heavy atom. The number of aliphatic hydroxyl groups excluding tert-OH is 1. The van der Waals surface area contributed by atoms with Crippen molar-refractivity contribution in [1.82, 2.24) is 10.1 Å². The van der Waals surface area contributed by atoms with Crippen LogP contribution in [0.2, 0.25) is 0 Å². The van der Waals surface area contributed by atoms with Gasteiger partial charge >= 0.3 is 0 Å². The number of halogens is 2. The molecule has 2 aromatic heterocycles. The van der Waals surface area contributed by atoms with Crippen molar-refractivity contribution in [2.75, 3.05) is 0 Å². The molecule has 0 aliphatic rings. The third-order valence-electron chi connectivity index (χ3n) is 4.43. The number of hydrogen-bond acceptors (Lipinski definition) is 4. The first-order chi connectivity index (χ1) is 13.5. The van der Waals surface area contributed by atoms with Gasteiger partial charge in [0.25, 0.3) is 0 Å². The Labute approximate surface area is 160 Å². The van der Waals surface area contributed by atoms with Crippen LogP contribution in [0, 0.1) is 18.6 Å². The Morgan fingerprint density at radius 3 is 2.57 bits per heavy atom. The van der Waals surface area contributed by atoms with E-state index in [-0.39, 0.29) is 22.6 Å². The van der Waals surface area contributed by atoms with Crippen molar-refractivity contribution >= 4 is 0 Å². The van der Waals surface area contributed by atoms with Crippen LogP contribution < -0.4 is 0 Å². The second-order valence-electron chi connectivity index (χ2n) is 6.46. The van der Waals surface area contributed by atoms with E-state index in [2.05, 4.69) is 10.1 Å². The van der Waals surface area contributed by atoms with Crippen LogP contribution in [0.4, 0.5) is 8.78 Å². The second-order valence-corrected chi connectivity index (χ2v) is 6.46. The van der Waals surface area contributed by atoms with Gasteiger partial charge in [-0.3, -0.25) is 4.98 Å². The van der Waals surface area contributed by atoms with E-state index in [1.165, 1.54) is 24.4 Å². The molecule has 0 spiro atoms. The normalized spacial score (nSPS) is 12.1. The lowest BCUT2D eigenvalue weighted by Crippen LogP contribution is -2.03. The van der Waals surface area contributed by atoms with Crippen LogP contribution in [0.25, 0.3) is 22.6 Å². The van der Waals surface area contributed by atoms with Gasteiger partial charge in [-0.1, -0.05) is 23.4 Å². The minimum Gasteiger partial charge on any atom is -0.383 e. The number of aliphatic hydroxyl groups is 1. The zero-order chi connectivity index (χ0) is 19.7. The minimum atomic E-state index is -1.19. The number of nitrogens with zero attached hydrogens (tertiary/aromatic N) is 2. The van der Waals surface area contributed by atoms with Gasteiger partial charge in [0.05, 0.1) is 5.56 Å². The van der Waals surface area contributed by atoms with Crippen molar-refractivity contribution in [3.63, 3.8) is 0 Å². The molecule has 0 amide bonds. The van der Waals surface area contributed by atoms with Gasteiger partial charge in [0, 0.05) is 29.1 Å². The molecule has 140 valence electrons. The predicted molar refractivity (Wildman–Crippen MR) is 100 cm³/mol. The Bertz CT molecular complexity index is 1110. The van der Waals surface area contributed by atoms with Gasteiger partial charge in [-0.15, -0.1) is 0 Å². The third kappa shape index (κ3) is 3.30. The quantitative estimate of drug-likeness (QED) is 0.538. The number of aryl methyl sites for hydroxylation is 1. The van der Waals surface area contributed by atoms with E-state index in [4.69, 9.17) is 4.52 Å². The molecule has 2 heterocycles. The van der Waals surface area contributed by atoms with Crippen LogP contribution in [0.15, 0.2) is 71.5 Å². The Kier molecular flexibility index (Phi) is 4.71. The van der Waals surface area contributed by atoms with Gasteiger partial charge in [0.1, 0.15) is 23.4 Å². The number of benzene rings is 2. The monoisotopic (exact) mass is 378 g/mol. The van der Waals surface area contributed by atoms with E-state index >= 15 is 0 Å². The van der Waals surface area contributed by atoms with Crippen molar-refractivity contribution in [3.8, 4) is 22.6 Å². The molecule has 6 heteroatoms. The summed E-state index contributed by atoms with van der Waals surface area (Å²) in [4.78, 5) is 4.02. The van der Waals surface area contributed by atoms with Gasteiger partial charge < -0.3 is 9.63 Å². The smallest absolute Gasteiger partial charge is 0.173 e. The van der Waals surface area contributed by atoms with Crippen LogP contribution >= 0.6 is 0 Å². The SMILES string of the molecule is Cc1cc(F)cc(-c2onc(-c3ccccc3F)c2C(O)c2cccnc2)c1. The number of rotatable bonds is 4.